The largest absolute Gasteiger partial charge is 0.356 e. The minimum atomic E-state index is 0.106. The van der Waals surface area contributed by atoms with E-state index in [1.807, 2.05) is 24.3 Å². The number of rotatable bonds is 4. The lowest BCUT2D eigenvalue weighted by Crippen LogP contribution is -2.33. The Kier molecular flexibility index (Phi) is 3.83. The van der Waals surface area contributed by atoms with E-state index in [9.17, 15) is 4.79 Å². The monoisotopic (exact) mass is 237 g/mol. The minimum absolute atomic E-state index is 0.106. The fraction of sp³-hybridized carbons (Fsp3) is 0.462. The van der Waals surface area contributed by atoms with Crippen LogP contribution < -0.4 is 5.32 Å². The Morgan fingerprint density at radius 1 is 1.31 bits per heavy atom. The van der Waals surface area contributed by atoms with Crippen molar-refractivity contribution < 1.29 is 4.79 Å². The second kappa shape index (κ2) is 5.35. The number of halogens is 1. The quantitative estimate of drug-likeness (QED) is 0.857. The SMILES string of the molecule is O=C(Cc1ccc(Cl)cc1)NCC1CCC1. The maximum atomic E-state index is 11.6. The molecule has 86 valence electrons. The highest BCUT2D eigenvalue weighted by Gasteiger charge is 2.17. The average Bonchev–Trinajstić information content (AvgIpc) is 2.19. The topological polar surface area (TPSA) is 29.1 Å². The van der Waals surface area contributed by atoms with Crippen molar-refractivity contribution in [3.63, 3.8) is 0 Å². The van der Waals surface area contributed by atoms with Crippen molar-refractivity contribution in [2.75, 3.05) is 6.54 Å². The highest BCUT2D eigenvalue weighted by Crippen LogP contribution is 2.25. The molecule has 1 aromatic carbocycles. The van der Waals surface area contributed by atoms with Gasteiger partial charge in [0.15, 0.2) is 0 Å². The summed E-state index contributed by atoms with van der Waals surface area (Å²) in [4.78, 5) is 11.6. The van der Waals surface area contributed by atoms with Gasteiger partial charge < -0.3 is 5.32 Å². The molecule has 2 rings (SSSR count). The maximum Gasteiger partial charge on any atom is 0.224 e. The van der Waals surface area contributed by atoms with Gasteiger partial charge in [-0.2, -0.15) is 0 Å². The molecule has 2 nitrogen and oxygen atoms in total. The summed E-state index contributed by atoms with van der Waals surface area (Å²) in [6.07, 6.45) is 4.30. The number of carbonyl (C=O) groups excluding carboxylic acids is 1. The maximum absolute atomic E-state index is 11.6. The molecule has 1 aromatic rings. The van der Waals surface area contributed by atoms with Gasteiger partial charge in [0.2, 0.25) is 5.91 Å². The first kappa shape index (κ1) is 11.5. The first-order valence-electron chi connectivity index (χ1n) is 5.75. The minimum Gasteiger partial charge on any atom is -0.356 e. The van der Waals surface area contributed by atoms with Gasteiger partial charge in [-0.3, -0.25) is 4.79 Å². The van der Waals surface area contributed by atoms with E-state index < -0.39 is 0 Å². The van der Waals surface area contributed by atoms with Crippen molar-refractivity contribution >= 4 is 17.5 Å². The summed E-state index contributed by atoms with van der Waals surface area (Å²) in [5.74, 6) is 0.823. The molecule has 1 amide bonds. The summed E-state index contributed by atoms with van der Waals surface area (Å²) in [7, 11) is 0. The van der Waals surface area contributed by atoms with Crippen molar-refractivity contribution in [3.05, 3.63) is 34.9 Å². The standard InChI is InChI=1S/C13H16ClNO/c14-12-6-4-10(5-7-12)8-13(16)15-9-11-2-1-3-11/h4-7,11H,1-3,8-9H2,(H,15,16). The van der Waals surface area contributed by atoms with Crippen molar-refractivity contribution in [1.82, 2.24) is 5.32 Å². The number of carbonyl (C=O) groups is 1. The summed E-state index contributed by atoms with van der Waals surface area (Å²) in [6, 6.07) is 7.42. The van der Waals surface area contributed by atoms with Crippen LogP contribution in [0.25, 0.3) is 0 Å². The Morgan fingerprint density at radius 2 is 2.00 bits per heavy atom. The second-order valence-electron chi connectivity index (χ2n) is 4.40. The molecule has 0 atom stereocenters. The molecule has 0 aromatic heterocycles. The fourth-order valence-corrected chi connectivity index (χ4v) is 1.93. The molecule has 3 heteroatoms. The van der Waals surface area contributed by atoms with Gasteiger partial charge in [-0.25, -0.2) is 0 Å². The third-order valence-corrected chi connectivity index (χ3v) is 3.34. The molecule has 0 aliphatic heterocycles. The van der Waals surface area contributed by atoms with E-state index in [0.29, 0.717) is 17.4 Å². The summed E-state index contributed by atoms with van der Waals surface area (Å²) in [5.41, 5.74) is 1.01. The van der Waals surface area contributed by atoms with Gasteiger partial charge in [-0.15, -0.1) is 0 Å². The van der Waals surface area contributed by atoms with Gasteiger partial charge in [-0.1, -0.05) is 30.2 Å². The van der Waals surface area contributed by atoms with Crippen LogP contribution >= 0.6 is 11.6 Å². The molecule has 0 bridgehead atoms. The zero-order chi connectivity index (χ0) is 11.4. The van der Waals surface area contributed by atoms with Crippen LogP contribution in [0.3, 0.4) is 0 Å². The molecule has 0 saturated heterocycles. The Balaban J connectivity index is 1.75. The Bertz CT molecular complexity index is 357. The Morgan fingerprint density at radius 3 is 2.56 bits per heavy atom. The van der Waals surface area contributed by atoms with Crippen LogP contribution in [0.5, 0.6) is 0 Å². The van der Waals surface area contributed by atoms with Crippen LogP contribution in [0, 0.1) is 5.92 Å². The molecule has 0 heterocycles. The molecule has 1 N–H and O–H groups in total. The molecule has 0 radical (unpaired) electrons. The van der Waals surface area contributed by atoms with Gasteiger partial charge >= 0.3 is 0 Å². The van der Waals surface area contributed by atoms with E-state index in [4.69, 9.17) is 11.6 Å². The third-order valence-electron chi connectivity index (χ3n) is 3.09. The van der Waals surface area contributed by atoms with Gasteiger partial charge in [0.25, 0.3) is 0 Å². The Hall–Kier alpha value is -1.02. The summed E-state index contributed by atoms with van der Waals surface area (Å²) < 4.78 is 0. The zero-order valence-electron chi connectivity index (χ0n) is 9.21. The number of benzene rings is 1. The predicted octanol–water partition coefficient (Wildman–Crippen LogP) is 2.80. The second-order valence-corrected chi connectivity index (χ2v) is 4.84. The van der Waals surface area contributed by atoms with Gasteiger partial charge in [0, 0.05) is 11.6 Å². The van der Waals surface area contributed by atoms with E-state index in [1.165, 1.54) is 19.3 Å². The number of hydrogen-bond acceptors (Lipinski definition) is 1. The number of nitrogens with one attached hydrogen (secondary N) is 1. The molecule has 0 spiro atoms. The lowest BCUT2D eigenvalue weighted by Gasteiger charge is -2.25. The van der Waals surface area contributed by atoms with Crippen LogP contribution in [0.1, 0.15) is 24.8 Å². The third kappa shape index (κ3) is 3.24. The van der Waals surface area contributed by atoms with Crippen LogP contribution in [-0.2, 0) is 11.2 Å². The normalized spacial score (nSPS) is 15.6. The van der Waals surface area contributed by atoms with Crippen LogP contribution in [-0.4, -0.2) is 12.5 Å². The van der Waals surface area contributed by atoms with Crippen molar-refractivity contribution in [2.45, 2.75) is 25.7 Å². The molecule has 1 aliphatic rings. The summed E-state index contributed by atoms with van der Waals surface area (Å²) in [6.45, 7) is 0.840. The lowest BCUT2D eigenvalue weighted by molar-refractivity contribution is -0.120. The van der Waals surface area contributed by atoms with Crippen LogP contribution in [0.15, 0.2) is 24.3 Å². The molecule has 16 heavy (non-hydrogen) atoms. The molecule has 1 fully saturated rings. The lowest BCUT2D eigenvalue weighted by atomic mass is 9.85. The van der Waals surface area contributed by atoms with Crippen LogP contribution in [0.2, 0.25) is 5.02 Å². The van der Waals surface area contributed by atoms with E-state index >= 15 is 0 Å². The highest BCUT2D eigenvalue weighted by atomic mass is 35.5. The van der Waals surface area contributed by atoms with Gasteiger partial charge in [0.1, 0.15) is 0 Å². The first-order chi connectivity index (χ1) is 7.74. The van der Waals surface area contributed by atoms with E-state index in [-0.39, 0.29) is 5.91 Å². The summed E-state index contributed by atoms with van der Waals surface area (Å²) >= 11 is 5.78. The Labute approximate surface area is 101 Å². The van der Waals surface area contributed by atoms with Crippen molar-refractivity contribution in [1.29, 1.82) is 0 Å². The van der Waals surface area contributed by atoms with Crippen molar-refractivity contribution in [2.24, 2.45) is 5.92 Å². The summed E-state index contributed by atoms with van der Waals surface area (Å²) in [5, 5.41) is 3.68. The number of hydrogen-bond donors (Lipinski definition) is 1. The number of amides is 1. The molecular formula is C13H16ClNO. The van der Waals surface area contributed by atoms with Crippen molar-refractivity contribution in [3.8, 4) is 0 Å². The average molecular weight is 238 g/mol. The molecule has 1 saturated carbocycles. The van der Waals surface area contributed by atoms with Crippen LogP contribution in [0.4, 0.5) is 0 Å². The smallest absolute Gasteiger partial charge is 0.224 e. The van der Waals surface area contributed by atoms with E-state index in [0.717, 1.165) is 12.1 Å². The highest BCUT2D eigenvalue weighted by molar-refractivity contribution is 6.30. The van der Waals surface area contributed by atoms with Gasteiger partial charge in [0.05, 0.1) is 6.42 Å². The first-order valence-corrected chi connectivity index (χ1v) is 6.13. The molecular weight excluding hydrogens is 222 g/mol. The fourth-order valence-electron chi connectivity index (χ4n) is 1.81. The van der Waals surface area contributed by atoms with E-state index in [2.05, 4.69) is 5.32 Å². The van der Waals surface area contributed by atoms with E-state index in [1.54, 1.807) is 0 Å². The molecule has 1 aliphatic carbocycles. The zero-order valence-corrected chi connectivity index (χ0v) is 9.96. The predicted molar refractivity (Wildman–Crippen MR) is 65.5 cm³/mol. The van der Waals surface area contributed by atoms with Gasteiger partial charge in [-0.05, 0) is 36.5 Å². The molecule has 0 unspecified atom stereocenters.